The summed E-state index contributed by atoms with van der Waals surface area (Å²) in [6, 6.07) is -1.01. The molecule has 3 aliphatic heterocycles. The molecule has 12 N–H and O–H groups in total. The second-order valence-corrected chi connectivity index (χ2v) is 20.7. The maximum Gasteiger partial charge on any atom is 0.220 e. The third-order valence-corrected chi connectivity index (χ3v) is 14.1. The molecule has 0 saturated carbocycles. The lowest BCUT2D eigenvalue weighted by Gasteiger charge is -2.48. The lowest BCUT2D eigenvalue weighted by Crippen LogP contribution is -2.66. The molecular formula is C62H101NO18. The van der Waals surface area contributed by atoms with Gasteiger partial charge in [-0.3, -0.25) is 4.79 Å². The normalized spacial score (nSPS) is 30.6. The molecule has 1 amide bonds. The molecule has 0 aromatic carbocycles. The Bertz CT molecular complexity index is 1900. The van der Waals surface area contributed by atoms with E-state index in [0.717, 1.165) is 103 Å². The van der Waals surface area contributed by atoms with Crippen molar-refractivity contribution in [3.05, 3.63) is 109 Å². The van der Waals surface area contributed by atoms with E-state index in [1.807, 2.05) is 13.0 Å². The minimum Gasteiger partial charge on any atom is -0.394 e. The SMILES string of the molecule is C/C=C/CC/C=C/CC/C=C/C(O)C(COC1OC(CO)C(OC2OC(CO)C(OC3OC(CO)C(O)C(O)C3O)C(O)C2O)C(O)C1O)NC(=O)CCCCCCCCCC/C=C\C/C=C\C/C=C\C/C=C\C/C=C\C/C=C\CC. The minimum atomic E-state index is -1.99. The number of aliphatic hydroxyl groups is 11. The Labute approximate surface area is 481 Å². The van der Waals surface area contributed by atoms with E-state index >= 15 is 0 Å². The van der Waals surface area contributed by atoms with Crippen LogP contribution in [0.1, 0.15) is 142 Å². The fourth-order valence-corrected chi connectivity index (χ4v) is 9.29. The van der Waals surface area contributed by atoms with Crippen LogP contribution in [0.5, 0.6) is 0 Å². The number of nitrogens with one attached hydrogen (secondary N) is 1. The molecule has 3 rings (SSSR count). The molecule has 3 heterocycles. The van der Waals surface area contributed by atoms with Crippen LogP contribution in [-0.4, -0.2) is 193 Å². The molecule has 3 saturated heterocycles. The molecule has 462 valence electrons. The fraction of sp³-hybridized carbons (Fsp3) is 0.694. The van der Waals surface area contributed by atoms with Crippen molar-refractivity contribution >= 4 is 5.91 Å². The number of unbranched alkanes of at least 4 members (excludes halogenated alkanes) is 10. The van der Waals surface area contributed by atoms with Gasteiger partial charge in [0, 0.05) is 6.42 Å². The van der Waals surface area contributed by atoms with Crippen molar-refractivity contribution in [1.82, 2.24) is 5.32 Å². The first-order chi connectivity index (χ1) is 39.3. The molecule has 0 aromatic heterocycles. The topological polar surface area (TPSA) is 307 Å². The van der Waals surface area contributed by atoms with E-state index in [1.165, 1.54) is 6.42 Å². The maximum atomic E-state index is 13.3. The number of hydrogen-bond donors (Lipinski definition) is 12. The van der Waals surface area contributed by atoms with Gasteiger partial charge in [0.05, 0.1) is 38.6 Å². The Morgan fingerprint density at radius 3 is 1.38 bits per heavy atom. The van der Waals surface area contributed by atoms with Crippen molar-refractivity contribution in [2.45, 2.75) is 247 Å². The van der Waals surface area contributed by atoms with Crippen molar-refractivity contribution < 1.29 is 89.4 Å². The van der Waals surface area contributed by atoms with Crippen molar-refractivity contribution in [2.24, 2.45) is 0 Å². The van der Waals surface area contributed by atoms with Crippen LogP contribution in [0.3, 0.4) is 0 Å². The highest BCUT2D eigenvalue weighted by Crippen LogP contribution is 2.33. The van der Waals surface area contributed by atoms with Gasteiger partial charge < -0.3 is 89.9 Å². The van der Waals surface area contributed by atoms with Crippen molar-refractivity contribution in [1.29, 1.82) is 0 Å². The molecule has 0 bridgehead atoms. The molecule has 17 atom stereocenters. The van der Waals surface area contributed by atoms with Gasteiger partial charge in [-0.15, -0.1) is 0 Å². The number of amides is 1. The van der Waals surface area contributed by atoms with Gasteiger partial charge in [-0.1, -0.05) is 155 Å². The van der Waals surface area contributed by atoms with Crippen LogP contribution in [0, 0.1) is 0 Å². The zero-order valence-electron chi connectivity index (χ0n) is 48.0. The second-order valence-electron chi connectivity index (χ2n) is 20.7. The monoisotopic (exact) mass is 1150 g/mol. The summed E-state index contributed by atoms with van der Waals surface area (Å²) in [5.74, 6) is -0.309. The van der Waals surface area contributed by atoms with Gasteiger partial charge in [-0.05, 0) is 90.4 Å². The minimum absolute atomic E-state index is 0.214. The van der Waals surface area contributed by atoms with Crippen LogP contribution in [0.25, 0.3) is 0 Å². The Kier molecular flexibility index (Phi) is 39.0. The van der Waals surface area contributed by atoms with E-state index in [-0.39, 0.29) is 18.9 Å². The van der Waals surface area contributed by atoms with Crippen LogP contribution in [-0.2, 0) is 33.2 Å². The molecule has 3 aliphatic rings. The van der Waals surface area contributed by atoms with Crippen LogP contribution in [0.2, 0.25) is 0 Å². The van der Waals surface area contributed by atoms with Crippen LogP contribution >= 0.6 is 0 Å². The van der Waals surface area contributed by atoms with Crippen molar-refractivity contribution in [2.75, 3.05) is 26.4 Å². The van der Waals surface area contributed by atoms with Gasteiger partial charge in [-0.25, -0.2) is 0 Å². The van der Waals surface area contributed by atoms with E-state index in [0.29, 0.717) is 12.8 Å². The number of rotatable bonds is 41. The Hall–Kier alpha value is -3.55. The predicted octanol–water partition coefficient (Wildman–Crippen LogP) is 5.14. The van der Waals surface area contributed by atoms with Gasteiger partial charge in [-0.2, -0.15) is 0 Å². The predicted molar refractivity (Wildman–Crippen MR) is 309 cm³/mol. The van der Waals surface area contributed by atoms with Crippen LogP contribution < -0.4 is 5.32 Å². The summed E-state index contributed by atoms with van der Waals surface area (Å²) < 4.78 is 34.1. The average molecular weight is 1150 g/mol. The second kappa shape index (κ2) is 44.0. The first-order valence-corrected chi connectivity index (χ1v) is 29.6. The standard InChI is InChI=1S/C62H101NO18/c1-3-5-7-9-11-13-14-15-16-17-18-19-20-21-22-23-24-25-26-27-28-29-30-32-34-36-38-40-50(68)63-45(46(67)39-37-35-33-31-12-10-8-6-4-2)44-76-60-56(74)53(71)58(48(42-65)78-60)81-62-57(75)54(72)59(49(43-66)79-62)80-61-55(73)52(70)51(69)47(41-64)77-61/h4-7,11-13,15-16,18-19,21-22,24-25,31,37,39,45-49,51-62,64-67,69-75H,3,8-10,14,17,20,23,26-30,32-36,38,40-44H2,1-2H3,(H,63,68)/b6-4+,7-5-,13-11-,16-15-,19-18-,22-21-,25-24-,31-12+,39-37+. The molecule has 17 unspecified atom stereocenters. The van der Waals surface area contributed by atoms with E-state index in [1.54, 1.807) is 12.2 Å². The van der Waals surface area contributed by atoms with E-state index < -0.39 is 124 Å². The summed E-state index contributed by atoms with van der Waals surface area (Å²) in [6.07, 6.45) is 29.7. The zero-order valence-corrected chi connectivity index (χ0v) is 48.0. The third kappa shape index (κ3) is 27.8. The number of aliphatic hydroxyl groups excluding tert-OH is 11. The third-order valence-electron chi connectivity index (χ3n) is 14.1. The summed E-state index contributed by atoms with van der Waals surface area (Å²) in [5, 5.41) is 120. The number of allylic oxidation sites excluding steroid dienone is 17. The summed E-state index contributed by atoms with van der Waals surface area (Å²) in [7, 11) is 0. The highest BCUT2D eigenvalue weighted by atomic mass is 16.8. The molecule has 81 heavy (non-hydrogen) atoms. The largest absolute Gasteiger partial charge is 0.394 e. The van der Waals surface area contributed by atoms with E-state index in [4.69, 9.17) is 28.4 Å². The Morgan fingerprint density at radius 2 is 0.877 bits per heavy atom. The van der Waals surface area contributed by atoms with Gasteiger partial charge in [0.2, 0.25) is 5.91 Å². The number of carbonyl (C=O) groups excluding carboxylic acids is 1. The molecule has 19 heteroatoms. The van der Waals surface area contributed by atoms with E-state index in [9.17, 15) is 61.0 Å². The maximum absolute atomic E-state index is 13.3. The van der Waals surface area contributed by atoms with E-state index in [2.05, 4.69) is 103 Å². The number of carbonyl (C=O) groups is 1. The highest BCUT2D eigenvalue weighted by molar-refractivity contribution is 5.76. The molecule has 0 radical (unpaired) electrons. The molecule has 3 fully saturated rings. The smallest absolute Gasteiger partial charge is 0.220 e. The van der Waals surface area contributed by atoms with Crippen molar-refractivity contribution in [3.8, 4) is 0 Å². The number of hydrogen-bond acceptors (Lipinski definition) is 18. The van der Waals surface area contributed by atoms with Gasteiger partial charge in [0.25, 0.3) is 0 Å². The Morgan fingerprint density at radius 1 is 0.469 bits per heavy atom. The highest BCUT2D eigenvalue weighted by Gasteiger charge is 2.53. The first-order valence-electron chi connectivity index (χ1n) is 29.6. The lowest BCUT2D eigenvalue weighted by molar-refractivity contribution is -0.379. The average Bonchev–Trinajstić information content (AvgIpc) is 3.55. The summed E-state index contributed by atoms with van der Waals surface area (Å²) in [6.45, 7) is 1.29. The Balaban J connectivity index is 1.43. The quantitative estimate of drug-likeness (QED) is 0.0278. The summed E-state index contributed by atoms with van der Waals surface area (Å²) in [5.41, 5.74) is 0. The molecule has 0 aliphatic carbocycles. The molecular weight excluding hydrogens is 1050 g/mol. The van der Waals surface area contributed by atoms with Crippen LogP contribution in [0.4, 0.5) is 0 Å². The van der Waals surface area contributed by atoms with Crippen LogP contribution in [0.15, 0.2) is 109 Å². The fourth-order valence-electron chi connectivity index (χ4n) is 9.29. The molecule has 0 aromatic rings. The number of ether oxygens (including phenoxy) is 6. The molecule has 0 spiro atoms. The van der Waals surface area contributed by atoms with Gasteiger partial charge in [0.1, 0.15) is 73.2 Å². The van der Waals surface area contributed by atoms with Gasteiger partial charge in [0.15, 0.2) is 18.9 Å². The summed E-state index contributed by atoms with van der Waals surface area (Å²) in [4.78, 5) is 13.3. The van der Waals surface area contributed by atoms with Gasteiger partial charge >= 0.3 is 0 Å². The summed E-state index contributed by atoms with van der Waals surface area (Å²) >= 11 is 0. The molecule has 19 nitrogen and oxygen atoms in total. The van der Waals surface area contributed by atoms with Crippen molar-refractivity contribution in [3.63, 3.8) is 0 Å². The first kappa shape index (κ1) is 71.7. The lowest BCUT2D eigenvalue weighted by atomic mass is 9.96. The zero-order chi connectivity index (χ0) is 59.0.